The minimum atomic E-state index is -1.30. The van der Waals surface area contributed by atoms with E-state index in [0.29, 0.717) is 12.8 Å². The molecule has 1 aliphatic rings. The van der Waals surface area contributed by atoms with E-state index in [1.54, 1.807) is 0 Å². The van der Waals surface area contributed by atoms with Gasteiger partial charge in [-0.1, -0.05) is 0 Å². The third-order valence-electron chi connectivity index (χ3n) is 2.25. The number of carbonyl (C=O) groups is 3. The van der Waals surface area contributed by atoms with E-state index in [9.17, 15) is 14.4 Å². The first-order valence-corrected chi connectivity index (χ1v) is 4.46. The quantitative estimate of drug-likeness (QED) is 0.417. The fourth-order valence-electron chi connectivity index (χ4n) is 1.06. The van der Waals surface area contributed by atoms with Crippen molar-refractivity contribution in [3.8, 4) is 0 Å². The molecule has 0 aromatic rings. The number of primary amides is 1. The number of amides is 2. The van der Waals surface area contributed by atoms with E-state index in [0.717, 1.165) is 0 Å². The van der Waals surface area contributed by atoms with E-state index in [-0.39, 0.29) is 0 Å². The van der Waals surface area contributed by atoms with Crippen LogP contribution in [0.2, 0.25) is 0 Å². The molecule has 7 heteroatoms. The van der Waals surface area contributed by atoms with E-state index in [1.807, 2.05) is 0 Å². The molecule has 0 bridgehead atoms. The van der Waals surface area contributed by atoms with Gasteiger partial charge in [-0.2, -0.15) is 0 Å². The SMILES string of the molecule is NC(=O)C[C@@H](NC(=O)C1(N)CC1)C(=O)O. The highest BCUT2D eigenvalue weighted by atomic mass is 16.4. The Bertz CT molecular complexity index is 311. The summed E-state index contributed by atoms with van der Waals surface area (Å²) in [5.41, 5.74) is 9.44. The maximum absolute atomic E-state index is 11.4. The number of hydrogen-bond acceptors (Lipinski definition) is 4. The number of nitrogens with one attached hydrogen (secondary N) is 1. The van der Waals surface area contributed by atoms with Gasteiger partial charge in [0.1, 0.15) is 6.04 Å². The minimum Gasteiger partial charge on any atom is -0.480 e. The van der Waals surface area contributed by atoms with Crippen molar-refractivity contribution < 1.29 is 19.5 Å². The van der Waals surface area contributed by atoms with Gasteiger partial charge in [0.15, 0.2) is 0 Å². The Hall–Kier alpha value is -1.63. The Kier molecular flexibility index (Phi) is 2.94. The van der Waals surface area contributed by atoms with Gasteiger partial charge >= 0.3 is 5.97 Å². The lowest BCUT2D eigenvalue weighted by Crippen LogP contribution is -2.51. The van der Waals surface area contributed by atoms with Gasteiger partial charge in [-0.15, -0.1) is 0 Å². The Morgan fingerprint density at radius 3 is 2.27 bits per heavy atom. The largest absolute Gasteiger partial charge is 0.480 e. The molecule has 0 aromatic carbocycles. The monoisotopic (exact) mass is 215 g/mol. The van der Waals surface area contributed by atoms with Crippen molar-refractivity contribution >= 4 is 17.8 Å². The Morgan fingerprint density at radius 2 is 1.93 bits per heavy atom. The average Bonchev–Trinajstić information content (AvgIpc) is 2.82. The van der Waals surface area contributed by atoms with Gasteiger partial charge in [0.2, 0.25) is 11.8 Å². The fourth-order valence-corrected chi connectivity index (χ4v) is 1.06. The number of carbonyl (C=O) groups excluding carboxylic acids is 2. The zero-order valence-electron chi connectivity index (χ0n) is 8.03. The Labute approximate surface area is 85.8 Å². The highest BCUT2D eigenvalue weighted by Crippen LogP contribution is 2.32. The predicted octanol–water partition coefficient (Wildman–Crippen LogP) is -2.08. The summed E-state index contributed by atoms with van der Waals surface area (Å²) in [6.45, 7) is 0. The third kappa shape index (κ3) is 2.91. The minimum absolute atomic E-state index is 0.433. The van der Waals surface area contributed by atoms with Crippen molar-refractivity contribution in [2.45, 2.75) is 30.8 Å². The van der Waals surface area contributed by atoms with Crippen LogP contribution in [0.15, 0.2) is 0 Å². The first-order valence-electron chi connectivity index (χ1n) is 4.46. The van der Waals surface area contributed by atoms with E-state index in [1.165, 1.54) is 0 Å². The van der Waals surface area contributed by atoms with Crippen LogP contribution in [0.5, 0.6) is 0 Å². The molecule has 1 aliphatic carbocycles. The molecule has 0 aromatic heterocycles. The topological polar surface area (TPSA) is 136 Å². The molecule has 15 heavy (non-hydrogen) atoms. The lowest BCUT2D eigenvalue weighted by Gasteiger charge is -2.15. The molecule has 1 fully saturated rings. The molecular formula is C8H13N3O4. The van der Waals surface area contributed by atoms with E-state index in [4.69, 9.17) is 16.6 Å². The molecule has 1 saturated carbocycles. The summed E-state index contributed by atoms with van der Waals surface area (Å²) < 4.78 is 0. The molecule has 84 valence electrons. The molecule has 6 N–H and O–H groups in total. The van der Waals surface area contributed by atoms with Gasteiger partial charge in [0, 0.05) is 0 Å². The molecule has 0 unspecified atom stereocenters. The van der Waals surface area contributed by atoms with Crippen molar-refractivity contribution in [1.82, 2.24) is 5.32 Å². The number of aliphatic carboxylic acids is 1. The predicted molar refractivity (Wildman–Crippen MR) is 49.5 cm³/mol. The van der Waals surface area contributed by atoms with Gasteiger partial charge in [0.05, 0.1) is 12.0 Å². The van der Waals surface area contributed by atoms with Crippen LogP contribution in [0.3, 0.4) is 0 Å². The molecule has 0 radical (unpaired) electrons. The second-order valence-corrected chi connectivity index (χ2v) is 3.69. The van der Waals surface area contributed by atoms with Crippen LogP contribution < -0.4 is 16.8 Å². The molecule has 7 nitrogen and oxygen atoms in total. The second-order valence-electron chi connectivity index (χ2n) is 3.69. The lowest BCUT2D eigenvalue weighted by molar-refractivity contribution is -0.143. The fraction of sp³-hybridized carbons (Fsp3) is 0.625. The van der Waals surface area contributed by atoms with Crippen molar-refractivity contribution in [3.63, 3.8) is 0 Å². The average molecular weight is 215 g/mol. The van der Waals surface area contributed by atoms with Crippen LogP contribution in [0.1, 0.15) is 19.3 Å². The summed E-state index contributed by atoms with van der Waals surface area (Å²) in [5.74, 6) is -2.63. The molecule has 1 atom stereocenters. The first-order chi connectivity index (χ1) is 6.85. The van der Waals surface area contributed by atoms with Crippen molar-refractivity contribution in [2.24, 2.45) is 11.5 Å². The highest BCUT2D eigenvalue weighted by Gasteiger charge is 2.47. The first kappa shape index (κ1) is 11.4. The second kappa shape index (κ2) is 3.85. The van der Waals surface area contributed by atoms with Crippen LogP contribution in [0, 0.1) is 0 Å². The van der Waals surface area contributed by atoms with E-state index < -0.39 is 35.8 Å². The maximum Gasteiger partial charge on any atom is 0.326 e. The van der Waals surface area contributed by atoms with Gasteiger partial charge in [-0.05, 0) is 12.8 Å². The number of hydrogen-bond donors (Lipinski definition) is 4. The molecule has 0 aliphatic heterocycles. The summed E-state index contributed by atoms with van der Waals surface area (Å²) in [5, 5.41) is 10.9. The van der Waals surface area contributed by atoms with Gasteiger partial charge < -0.3 is 21.9 Å². The van der Waals surface area contributed by atoms with Crippen LogP contribution in [0.25, 0.3) is 0 Å². The summed E-state index contributed by atoms with van der Waals surface area (Å²) in [4.78, 5) is 32.6. The molecule has 0 spiro atoms. The standard InChI is InChI=1S/C8H13N3O4/c9-5(12)3-4(6(13)14)11-7(15)8(10)1-2-8/h4H,1-3,10H2,(H2,9,12)(H,11,15)(H,13,14)/t4-/m1/s1. The van der Waals surface area contributed by atoms with Gasteiger partial charge in [-0.25, -0.2) is 4.79 Å². The van der Waals surface area contributed by atoms with Crippen molar-refractivity contribution in [1.29, 1.82) is 0 Å². The van der Waals surface area contributed by atoms with E-state index >= 15 is 0 Å². The molecular weight excluding hydrogens is 202 g/mol. The highest BCUT2D eigenvalue weighted by molar-refractivity contribution is 5.93. The zero-order valence-corrected chi connectivity index (χ0v) is 8.03. The van der Waals surface area contributed by atoms with Crippen LogP contribution in [0.4, 0.5) is 0 Å². The number of rotatable bonds is 5. The van der Waals surface area contributed by atoms with Crippen LogP contribution in [-0.2, 0) is 14.4 Å². The Balaban J connectivity index is 2.54. The molecule has 0 saturated heterocycles. The lowest BCUT2D eigenvalue weighted by atomic mass is 10.1. The maximum atomic E-state index is 11.4. The molecule has 0 heterocycles. The van der Waals surface area contributed by atoms with Crippen LogP contribution >= 0.6 is 0 Å². The smallest absolute Gasteiger partial charge is 0.326 e. The number of nitrogens with two attached hydrogens (primary N) is 2. The van der Waals surface area contributed by atoms with Gasteiger partial charge in [0.25, 0.3) is 0 Å². The summed E-state index contributed by atoms with van der Waals surface area (Å²) in [6.07, 6.45) is 0.626. The van der Waals surface area contributed by atoms with E-state index in [2.05, 4.69) is 5.32 Å². The van der Waals surface area contributed by atoms with Gasteiger partial charge in [-0.3, -0.25) is 9.59 Å². The van der Waals surface area contributed by atoms with Crippen molar-refractivity contribution in [3.05, 3.63) is 0 Å². The zero-order chi connectivity index (χ0) is 11.6. The van der Waals surface area contributed by atoms with Crippen LogP contribution in [-0.4, -0.2) is 34.5 Å². The molecule has 1 rings (SSSR count). The summed E-state index contributed by atoms with van der Waals surface area (Å²) in [6, 6.07) is -1.30. The number of carboxylic acid groups (broad SMARTS) is 1. The molecule has 2 amide bonds. The Morgan fingerprint density at radius 1 is 1.40 bits per heavy atom. The summed E-state index contributed by atoms with van der Waals surface area (Å²) >= 11 is 0. The summed E-state index contributed by atoms with van der Waals surface area (Å²) in [7, 11) is 0. The normalized spacial score (nSPS) is 19.0. The number of carboxylic acids is 1. The van der Waals surface area contributed by atoms with Crippen molar-refractivity contribution in [2.75, 3.05) is 0 Å². The third-order valence-corrected chi connectivity index (χ3v) is 2.25.